The first-order valence-corrected chi connectivity index (χ1v) is 16.1. The smallest absolute Gasteiger partial charge is 0.160 e. The Balaban J connectivity index is 1.17. The summed E-state index contributed by atoms with van der Waals surface area (Å²) in [5.74, 6) is 0.707. The zero-order valence-electron chi connectivity index (χ0n) is 26.0. The zero-order chi connectivity index (χ0) is 31.9. The summed E-state index contributed by atoms with van der Waals surface area (Å²) in [4.78, 5) is 19.9. The number of benzene rings is 6. The number of hydrogen-bond donors (Lipinski definition) is 0. The second-order valence-electron chi connectivity index (χ2n) is 11.9. The van der Waals surface area contributed by atoms with Crippen molar-refractivity contribution in [3.05, 3.63) is 170 Å². The molecule has 9 rings (SSSR count). The van der Waals surface area contributed by atoms with Crippen LogP contribution >= 0.6 is 0 Å². The minimum absolute atomic E-state index is 0.707. The van der Waals surface area contributed by atoms with Crippen LogP contribution in [0.2, 0.25) is 0 Å². The highest BCUT2D eigenvalue weighted by molar-refractivity contribution is 6.07. The van der Waals surface area contributed by atoms with Crippen LogP contribution in [0.25, 0.3) is 88.9 Å². The average molecular weight is 613 g/mol. The topological polar surface area (TPSA) is 51.6 Å². The minimum atomic E-state index is 0.707. The van der Waals surface area contributed by atoms with E-state index in [9.17, 15) is 0 Å². The molecular weight excluding hydrogens is 585 g/mol. The third-order valence-corrected chi connectivity index (χ3v) is 8.93. The van der Waals surface area contributed by atoms with Crippen LogP contribution < -0.4 is 0 Å². The van der Waals surface area contributed by atoms with Crippen LogP contribution in [0.5, 0.6) is 0 Å². The van der Waals surface area contributed by atoms with E-state index in [1.807, 2.05) is 48.7 Å². The Morgan fingerprint density at radius 3 is 1.73 bits per heavy atom. The summed E-state index contributed by atoms with van der Waals surface area (Å²) in [6.07, 6.45) is 1.83. The molecule has 0 aliphatic carbocycles. The molecule has 0 aliphatic heterocycles. The third kappa shape index (κ3) is 4.97. The van der Waals surface area contributed by atoms with Crippen molar-refractivity contribution in [1.29, 1.82) is 0 Å². The van der Waals surface area contributed by atoms with Crippen molar-refractivity contribution in [3.63, 3.8) is 0 Å². The summed E-state index contributed by atoms with van der Waals surface area (Å²) in [7, 11) is 0. The molecule has 0 radical (unpaired) electrons. The van der Waals surface area contributed by atoms with E-state index in [0.717, 1.165) is 77.7 Å². The van der Waals surface area contributed by atoms with Gasteiger partial charge in [0, 0.05) is 39.2 Å². The fraction of sp³-hybridized carbons (Fsp3) is 0. The second-order valence-corrected chi connectivity index (χ2v) is 11.9. The summed E-state index contributed by atoms with van der Waals surface area (Å²) in [6.45, 7) is 0. The van der Waals surface area contributed by atoms with E-state index in [1.165, 1.54) is 5.39 Å². The fourth-order valence-electron chi connectivity index (χ4n) is 6.56. The van der Waals surface area contributed by atoms with Crippen LogP contribution in [0.3, 0.4) is 0 Å². The molecule has 3 heterocycles. The van der Waals surface area contributed by atoms with E-state index in [2.05, 4.69) is 126 Å². The van der Waals surface area contributed by atoms with Crippen molar-refractivity contribution in [2.24, 2.45) is 0 Å². The Morgan fingerprint density at radius 2 is 0.938 bits per heavy atom. The molecule has 0 amide bonds. The fourth-order valence-corrected chi connectivity index (χ4v) is 6.56. The number of hydrogen-bond acceptors (Lipinski definition) is 4. The molecule has 224 valence electrons. The minimum Gasteiger partial charge on any atom is -0.254 e. The second kappa shape index (κ2) is 11.7. The first-order chi connectivity index (χ1) is 23.8. The van der Waals surface area contributed by atoms with Crippen LogP contribution in [0.15, 0.2) is 170 Å². The third-order valence-electron chi connectivity index (χ3n) is 8.93. The molecule has 4 heteroatoms. The first kappa shape index (κ1) is 27.8. The first-order valence-electron chi connectivity index (χ1n) is 16.1. The van der Waals surface area contributed by atoms with Gasteiger partial charge in [0.25, 0.3) is 0 Å². The largest absolute Gasteiger partial charge is 0.254 e. The maximum atomic E-state index is 5.17. The lowest BCUT2D eigenvalue weighted by Gasteiger charge is -2.14. The molecule has 0 aliphatic rings. The standard InChI is InChI=1S/C44H28N4/c1-3-11-29(12-4-1)40-28-41(48-44(47-40)32-13-5-2-6-14-32)34-16-9-15-33(27-34)35-23-24-38(37-19-8-7-18-36(35)37)39-25-22-31-21-20-30-17-10-26-45-42(30)43(31)46-39/h1-28H. The summed E-state index contributed by atoms with van der Waals surface area (Å²) in [5, 5.41) is 4.49. The molecule has 4 nitrogen and oxygen atoms in total. The molecule has 0 bridgehead atoms. The van der Waals surface area contributed by atoms with Gasteiger partial charge in [0.05, 0.1) is 28.1 Å². The van der Waals surface area contributed by atoms with Crippen LogP contribution in [-0.4, -0.2) is 19.9 Å². The Morgan fingerprint density at radius 1 is 0.333 bits per heavy atom. The van der Waals surface area contributed by atoms with E-state index >= 15 is 0 Å². The highest BCUT2D eigenvalue weighted by Crippen LogP contribution is 2.37. The quantitative estimate of drug-likeness (QED) is 0.181. The average Bonchev–Trinajstić information content (AvgIpc) is 3.18. The molecule has 0 saturated heterocycles. The van der Waals surface area contributed by atoms with E-state index in [1.54, 1.807) is 0 Å². The van der Waals surface area contributed by atoms with Crippen molar-refractivity contribution >= 4 is 32.6 Å². The summed E-state index contributed by atoms with van der Waals surface area (Å²) in [5.41, 5.74) is 11.0. The van der Waals surface area contributed by atoms with Gasteiger partial charge in [-0.3, -0.25) is 4.98 Å². The maximum absolute atomic E-state index is 5.17. The van der Waals surface area contributed by atoms with Gasteiger partial charge in [0.1, 0.15) is 0 Å². The molecule has 6 aromatic carbocycles. The van der Waals surface area contributed by atoms with Gasteiger partial charge < -0.3 is 0 Å². The Kier molecular flexibility index (Phi) is 6.76. The molecule has 48 heavy (non-hydrogen) atoms. The van der Waals surface area contributed by atoms with E-state index < -0.39 is 0 Å². The molecule has 0 unspecified atom stereocenters. The van der Waals surface area contributed by atoms with E-state index in [0.29, 0.717) is 5.82 Å². The predicted molar refractivity (Wildman–Crippen MR) is 197 cm³/mol. The Labute approximate surface area is 278 Å². The van der Waals surface area contributed by atoms with Gasteiger partial charge in [-0.15, -0.1) is 0 Å². The van der Waals surface area contributed by atoms with Gasteiger partial charge in [-0.1, -0.05) is 140 Å². The van der Waals surface area contributed by atoms with Crippen molar-refractivity contribution in [2.75, 3.05) is 0 Å². The van der Waals surface area contributed by atoms with Crippen LogP contribution in [-0.2, 0) is 0 Å². The maximum Gasteiger partial charge on any atom is 0.160 e. The van der Waals surface area contributed by atoms with Gasteiger partial charge in [-0.25, -0.2) is 15.0 Å². The van der Waals surface area contributed by atoms with E-state index in [-0.39, 0.29) is 0 Å². The number of nitrogens with zero attached hydrogens (tertiary/aromatic N) is 4. The molecule has 3 aromatic heterocycles. The number of pyridine rings is 2. The van der Waals surface area contributed by atoms with Gasteiger partial charge in [-0.05, 0) is 46.2 Å². The molecular formula is C44H28N4. The normalized spacial score (nSPS) is 11.3. The van der Waals surface area contributed by atoms with Crippen molar-refractivity contribution in [2.45, 2.75) is 0 Å². The van der Waals surface area contributed by atoms with Gasteiger partial charge in [-0.2, -0.15) is 0 Å². The zero-order valence-corrected chi connectivity index (χ0v) is 26.0. The summed E-state index contributed by atoms with van der Waals surface area (Å²) in [6, 6.07) is 56.8. The van der Waals surface area contributed by atoms with Crippen LogP contribution in [0.1, 0.15) is 0 Å². The van der Waals surface area contributed by atoms with Crippen molar-refractivity contribution in [3.8, 4) is 56.3 Å². The Bertz CT molecular complexity index is 2560. The van der Waals surface area contributed by atoms with Gasteiger partial charge in [0.15, 0.2) is 5.82 Å². The SMILES string of the molecule is c1ccc(-c2cc(-c3cccc(-c4ccc(-c5ccc6ccc7cccnc7c6n5)c5ccccc45)c3)nc(-c3ccccc3)n2)cc1. The molecule has 0 N–H and O–H groups in total. The van der Waals surface area contributed by atoms with Crippen LogP contribution in [0, 0.1) is 0 Å². The molecule has 9 aromatic rings. The molecule has 0 spiro atoms. The lowest BCUT2D eigenvalue weighted by Crippen LogP contribution is -1.96. The lowest BCUT2D eigenvalue weighted by atomic mass is 9.92. The number of aromatic nitrogens is 4. The number of fused-ring (bicyclic) bond motifs is 4. The monoisotopic (exact) mass is 612 g/mol. The molecule has 0 atom stereocenters. The number of rotatable bonds is 5. The highest BCUT2D eigenvalue weighted by Gasteiger charge is 2.15. The van der Waals surface area contributed by atoms with Gasteiger partial charge in [0.2, 0.25) is 0 Å². The van der Waals surface area contributed by atoms with E-state index in [4.69, 9.17) is 15.0 Å². The molecule has 0 saturated carbocycles. The lowest BCUT2D eigenvalue weighted by molar-refractivity contribution is 1.18. The Hall–Kier alpha value is -6.52. The van der Waals surface area contributed by atoms with Gasteiger partial charge >= 0.3 is 0 Å². The predicted octanol–water partition coefficient (Wildman–Crippen LogP) is 11.1. The molecule has 0 fully saturated rings. The highest BCUT2D eigenvalue weighted by atomic mass is 14.9. The van der Waals surface area contributed by atoms with Crippen molar-refractivity contribution in [1.82, 2.24) is 19.9 Å². The van der Waals surface area contributed by atoms with Crippen LogP contribution in [0.4, 0.5) is 0 Å². The summed E-state index contributed by atoms with van der Waals surface area (Å²) >= 11 is 0. The van der Waals surface area contributed by atoms with Crippen molar-refractivity contribution < 1.29 is 0 Å². The summed E-state index contributed by atoms with van der Waals surface area (Å²) < 4.78 is 0.